The molecule has 5 heteroatoms. The Balaban J connectivity index is 1.66. The number of likely N-dealkylation sites (tertiary alicyclic amines) is 1. The molecule has 1 saturated heterocycles. The number of rotatable bonds is 5. The van der Waals surface area contributed by atoms with Crippen LogP contribution in [0.25, 0.3) is 0 Å². The van der Waals surface area contributed by atoms with Gasteiger partial charge in [-0.15, -0.1) is 0 Å². The fourth-order valence-corrected chi connectivity index (χ4v) is 3.00. The molecule has 5 nitrogen and oxygen atoms in total. The molecule has 112 valence electrons. The molecule has 1 aromatic heterocycles. The van der Waals surface area contributed by atoms with Crippen molar-refractivity contribution in [2.75, 3.05) is 6.54 Å². The van der Waals surface area contributed by atoms with Gasteiger partial charge in [0.15, 0.2) is 5.82 Å². The molecule has 1 aliphatic rings. The molecule has 0 saturated carbocycles. The van der Waals surface area contributed by atoms with Crippen LogP contribution in [0.2, 0.25) is 0 Å². The van der Waals surface area contributed by atoms with Crippen LogP contribution in [-0.2, 0) is 19.5 Å². The van der Waals surface area contributed by atoms with E-state index in [4.69, 9.17) is 10.3 Å². The van der Waals surface area contributed by atoms with Gasteiger partial charge in [0.1, 0.15) is 0 Å². The Bertz CT molecular complexity index is 554. The average molecular weight is 286 g/mol. The van der Waals surface area contributed by atoms with Crippen molar-refractivity contribution in [1.29, 1.82) is 0 Å². The molecule has 0 amide bonds. The van der Waals surface area contributed by atoms with Crippen LogP contribution in [0.4, 0.5) is 0 Å². The summed E-state index contributed by atoms with van der Waals surface area (Å²) in [6, 6.07) is 11.2. The molecule has 2 heterocycles. The van der Waals surface area contributed by atoms with Crippen LogP contribution in [0, 0.1) is 0 Å². The molecular formula is C16H22N4O. The summed E-state index contributed by atoms with van der Waals surface area (Å²) >= 11 is 0. The van der Waals surface area contributed by atoms with Crippen LogP contribution in [-0.4, -0.2) is 27.6 Å². The van der Waals surface area contributed by atoms with Crippen molar-refractivity contribution in [3.63, 3.8) is 0 Å². The van der Waals surface area contributed by atoms with Gasteiger partial charge in [-0.2, -0.15) is 4.98 Å². The molecule has 1 aromatic carbocycles. The van der Waals surface area contributed by atoms with Crippen LogP contribution in [0.5, 0.6) is 0 Å². The van der Waals surface area contributed by atoms with Crippen molar-refractivity contribution in [2.24, 2.45) is 5.73 Å². The number of nitrogens with two attached hydrogens (primary N) is 1. The molecular weight excluding hydrogens is 264 g/mol. The fraction of sp³-hybridized carbons (Fsp3) is 0.500. The van der Waals surface area contributed by atoms with E-state index in [9.17, 15) is 0 Å². The summed E-state index contributed by atoms with van der Waals surface area (Å²) < 4.78 is 5.10. The lowest BCUT2D eigenvalue weighted by Crippen LogP contribution is -2.40. The van der Waals surface area contributed by atoms with E-state index in [2.05, 4.69) is 45.4 Å². The second-order valence-electron chi connectivity index (χ2n) is 5.62. The first kappa shape index (κ1) is 14.2. The third kappa shape index (κ3) is 3.68. The fourth-order valence-electron chi connectivity index (χ4n) is 3.00. The minimum Gasteiger partial charge on any atom is -0.338 e. The zero-order valence-electron chi connectivity index (χ0n) is 12.2. The second-order valence-corrected chi connectivity index (χ2v) is 5.62. The van der Waals surface area contributed by atoms with Crippen molar-refractivity contribution in [3.8, 4) is 0 Å². The number of aromatic nitrogens is 2. The zero-order chi connectivity index (χ0) is 14.5. The molecule has 2 N–H and O–H groups in total. The lowest BCUT2D eigenvalue weighted by Gasteiger charge is -2.35. The number of hydrogen-bond donors (Lipinski definition) is 1. The molecule has 2 aromatic rings. The number of hydrogen-bond acceptors (Lipinski definition) is 5. The molecule has 1 aliphatic heterocycles. The molecule has 21 heavy (non-hydrogen) atoms. The maximum atomic E-state index is 5.52. The van der Waals surface area contributed by atoms with E-state index in [1.807, 2.05) is 0 Å². The molecule has 0 aliphatic carbocycles. The van der Waals surface area contributed by atoms with Gasteiger partial charge in [-0.3, -0.25) is 4.90 Å². The Hall–Kier alpha value is -1.72. The topological polar surface area (TPSA) is 68.2 Å². The molecule has 3 rings (SSSR count). The largest absolute Gasteiger partial charge is 0.338 e. The van der Waals surface area contributed by atoms with Gasteiger partial charge in [0.2, 0.25) is 5.89 Å². The first-order chi connectivity index (χ1) is 10.3. The van der Waals surface area contributed by atoms with Gasteiger partial charge in [-0.25, -0.2) is 0 Å². The summed E-state index contributed by atoms with van der Waals surface area (Å²) in [5.41, 5.74) is 6.91. The van der Waals surface area contributed by atoms with Gasteiger partial charge < -0.3 is 10.3 Å². The average Bonchev–Trinajstić information content (AvgIpc) is 2.98. The van der Waals surface area contributed by atoms with E-state index in [0.717, 1.165) is 25.3 Å². The monoisotopic (exact) mass is 286 g/mol. The van der Waals surface area contributed by atoms with Gasteiger partial charge >= 0.3 is 0 Å². The van der Waals surface area contributed by atoms with E-state index >= 15 is 0 Å². The Morgan fingerprint density at radius 2 is 2.10 bits per heavy atom. The summed E-state index contributed by atoms with van der Waals surface area (Å²) in [5, 5.41) is 4.01. The van der Waals surface area contributed by atoms with Crippen molar-refractivity contribution in [1.82, 2.24) is 15.0 Å². The van der Waals surface area contributed by atoms with Gasteiger partial charge in [0.25, 0.3) is 0 Å². The minimum atomic E-state index is 0.306. The van der Waals surface area contributed by atoms with E-state index in [-0.39, 0.29) is 0 Å². The summed E-state index contributed by atoms with van der Waals surface area (Å²) in [5.74, 6) is 1.26. The van der Waals surface area contributed by atoms with Crippen molar-refractivity contribution >= 4 is 0 Å². The highest BCUT2D eigenvalue weighted by atomic mass is 16.5. The number of piperidine rings is 1. The lowest BCUT2D eigenvalue weighted by atomic mass is 9.95. The van der Waals surface area contributed by atoms with Crippen LogP contribution in [0.15, 0.2) is 34.9 Å². The molecule has 0 bridgehead atoms. The smallest absolute Gasteiger partial charge is 0.240 e. The SMILES string of the molecule is NCc1nc(CN2CCCCC2Cc2ccccc2)no1. The van der Waals surface area contributed by atoms with E-state index < -0.39 is 0 Å². The highest BCUT2D eigenvalue weighted by Crippen LogP contribution is 2.22. The van der Waals surface area contributed by atoms with E-state index in [1.54, 1.807) is 0 Å². The highest BCUT2D eigenvalue weighted by Gasteiger charge is 2.24. The maximum Gasteiger partial charge on any atom is 0.240 e. The van der Waals surface area contributed by atoms with Crippen LogP contribution in [0.1, 0.15) is 36.5 Å². The van der Waals surface area contributed by atoms with E-state index in [1.165, 1.54) is 24.8 Å². The zero-order valence-corrected chi connectivity index (χ0v) is 12.2. The maximum absolute atomic E-state index is 5.52. The Morgan fingerprint density at radius 3 is 2.86 bits per heavy atom. The number of nitrogens with zero attached hydrogens (tertiary/aromatic N) is 3. The Morgan fingerprint density at radius 1 is 1.24 bits per heavy atom. The summed E-state index contributed by atoms with van der Waals surface area (Å²) in [6.45, 7) is 2.16. The van der Waals surface area contributed by atoms with Crippen LogP contribution in [0.3, 0.4) is 0 Å². The predicted octanol–water partition coefficient (Wildman–Crippen LogP) is 2.13. The lowest BCUT2D eigenvalue weighted by molar-refractivity contribution is 0.134. The highest BCUT2D eigenvalue weighted by molar-refractivity contribution is 5.16. The number of benzene rings is 1. The Kier molecular flexibility index (Phi) is 4.62. The van der Waals surface area contributed by atoms with Gasteiger partial charge in [0.05, 0.1) is 13.1 Å². The standard InChI is InChI=1S/C16H22N4O/c17-11-16-18-15(19-21-16)12-20-9-5-4-8-14(20)10-13-6-2-1-3-7-13/h1-3,6-7,14H,4-5,8-12,17H2. The summed E-state index contributed by atoms with van der Waals surface area (Å²) in [6.07, 6.45) is 4.86. The van der Waals surface area contributed by atoms with Gasteiger partial charge in [-0.1, -0.05) is 41.9 Å². The van der Waals surface area contributed by atoms with Gasteiger partial charge in [0, 0.05) is 6.04 Å². The van der Waals surface area contributed by atoms with Crippen molar-refractivity contribution in [2.45, 2.75) is 44.8 Å². The molecule has 1 atom stereocenters. The minimum absolute atomic E-state index is 0.306. The quantitative estimate of drug-likeness (QED) is 0.912. The predicted molar refractivity (Wildman–Crippen MR) is 80.4 cm³/mol. The van der Waals surface area contributed by atoms with Crippen LogP contribution >= 0.6 is 0 Å². The molecule has 0 radical (unpaired) electrons. The first-order valence-corrected chi connectivity index (χ1v) is 7.64. The molecule has 0 spiro atoms. The third-order valence-electron chi connectivity index (χ3n) is 4.09. The Labute approximate surface area is 125 Å². The molecule has 1 fully saturated rings. The first-order valence-electron chi connectivity index (χ1n) is 7.64. The third-order valence-corrected chi connectivity index (χ3v) is 4.09. The van der Waals surface area contributed by atoms with E-state index in [0.29, 0.717) is 18.5 Å². The molecule has 1 unspecified atom stereocenters. The second kappa shape index (κ2) is 6.83. The van der Waals surface area contributed by atoms with Crippen molar-refractivity contribution in [3.05, 3.63) is 47.6 Å². The summed E-state index contributed by atoms with van der Waals surface area (Å²) in [7, 11) is 0. The van der Waals surface area contributed by atoms with Crippen molar-refractivity contribution < 1.29 is 4.52 Å². The normalized spacial score (nSPS) is 19.8. The van der Waals surface area contributed by atoms with Crippen LogP contribution < -0.4 is 5.73 Å². The van der Waals surface area contributed by atoms with Gasteiger partial charge in [-0.05, 0) is 31.4 Å². The summed E-state index contributed by atoms with van der Waals surface area (Å²) in [4.78, 5) is 6.79.